The van der Waals surface area contributed by atoms with Gasteiger partial charge in [-0.25, -0.2) is 0 Å². The van der Waals surface area contributed by atoms with Gasteiger partial charge in [-0.2, -0.15) is 9.78 Å². The van der Waals surface area contributed by atoms with Gasteiger partial charge in [0.25, 0.3) is 0 Å². The van der Waals surface area contributed by atoms with Gasteiger partial charge < -0.3 is 9.15 Å². The van der Waals surface area contributed by atoms with Crippen molar-refractivity contribution in [3.63, 3.8) is 0 Å². The summed E-state index contributed by atoms with van der Waals surface area (Å²) in [4.78, 5) is 0. The minimum atomic E-state index is 0.577. The van der Waals surface area contributed by atoms with E-state index >= 15 is 0 Å². The van der Waals surface area contributed by atoms with Gasteiger partial charge in [0.05, 0.1) is 12.1 Å². The highest BCUT2D eigenvalue weighted by molar-refractivity contribution is 7.99. The van der Waals surface area contributed by atoms with E-state index in [2.05, 4.69) is 10.2 Å². The maximum absolute atomic E-state index is 6.31. The van der Waals surface area contributed by atoms with Crippen LogP contribution in [-0.4, -0.2) is 33.4 Å². The quantitative estimate of drug-likeness (QED) is 0.368. The standard InChI is InChI=1S/C22H16Cl2N4O2S/c1-29-15-5-2-13(3-6-15)10-21-25-26-22-28(21)27-18(12-31-22)20-9-8-19(30-20)16-11-14(23)4-7-17(16)24/h2-9,11H,10,12H2,1H3. The zero-order valence-electron chi connectivity index (χ0n) is 16.4. The van der Waals surface area contributed by atoms with Crippen molar-refractivity contribution in [2.45, 2.75) is 11.6 Å². The molecule has 0 saturated heterocycles. The average molecular weight is 471 g/mol. The van der Waals surface area contributed by atoms with Gasteiger partial charge in [0.2, 0.25) is 5.16 Å². The van der Waals surface area contributed by atoms with Gasteiger partial charge in [0.15, 0.2) is 11.6 Å². The summed E-state index contributed by atoms with van der Waals surface area (Å²) in [6.45, 7) is 0. The third kappa shape index (κ3) is 4.08. The van der Waals surface area contributed by atoms with Gasteiger partial charge >= 0.3 is 0 Å². The van der Waals surface area contributed by atoms with Crippen LogP contribution in [0, 0.1) is 0 Å². The molecule has 4 aromatic rings. The molecule has 31 heavy (non-hydrogen) atoms. The zero-order chi connectivity index (χ0) is 21.4. The second-order valence-corrected chi connectivity index (χ2v) is 8.65. The fourth-order valence-electron chi connectivity index (χ4n) is 3.25. The molecule has 3 heterocycles. The first-order valence-corrected chi connectivity index (χ1v) is 11.2. The summed E-state index contributed by atoms with van der Waals surface area (Å²) in [5.74, 6) is 3.53. The minimum absolute atomic E-state index is 0.577. The molecule has 0 unspecified atom stereocenters. The van der Waals surface area contributed by atoms with Crippen molar-refractivity contribution in [2.75, 3.05) is 12.9 Å². The van der Waals surface area contributed by atoms with Crippen molar-refractivity contribution in [3.05, 3.63) is 81.8 Å². The highest BCUT2D eigenvalue weighted by Gasteiger charge is 2.22. The summed E-state index contributed by atoms with van der Waals surface area (Å²) in [5, 5.41) is 15.3. The average Bonchev–Trinajstić information content (AvgIpc) is 3.43. The molecule has 0 fully saturated rings. The molecule has 5 rings (SSSR count). The van der Waals surface area contributed by atoms with Crippen LogP contribution < -0.4 is 4.74 Å². The van der Waals surface area contributed by atoms with Crippen molar-refractivity contribution >= 4 is 40.7 Å². The molecule has 0 radical (unpaired) electrons. The number of hydrogen-bond donors (Lipinski definition) is 0. The van der Waals surface area contributed by atoms with Gasteiger partial charge in [-0.05, 0) is 48.0 Å². The van der Waals surface area contributed by atoms with Crippen molar-refractivity contribution in [1.82, 2.24) is 14.9 Å². The van der Waals surface area contributed by atoms with E-state index in [1.165, 1.54) is 0 Å². The van der Waals surface area contributed by atoms with Crippen LogP contribution in [-0.2, 0) is 6.42 Å². The molecule has 0 aliphatic carbocycles. The predicted octanol–water partition coefficient (Wildman–Crippen LogP) is 5.80. The number of furan rings is 1. The summed E-state index contributed by atoms with van der Waals surface area (Å²) in [6, 6.07) is 16.9. The number of methoxy groups -OCH3 is 1. The third-order valence-electron chi connectivity index (χ3n) is 4.84. The van der Waals surface area contributed by atoms with Crippen LogP contribution in [0.25, 0.3) is 11.3 Å². The van der Waals surface area contributed by atoms with Crippen LogP contribution in [0.2, 0.25) is 10.0 Å². The normalized spacial score (nSPS) is 13.1. The molecule has 0 bridgehead atoms. The molecule has 1 aliphatic rings. The number of rotatable bonds is 5. The number of benzene rings is 2. The lowest BCUT2D eigenvalue weighted by atomic mass is 10.1. The van der Waals surface area contributed by atoms with E-state index in [0.717, 1.165) is 33.6 Å². The van der Waals surface area contributed by atoms with Crippen LogP contribution in [0.3, 0.4) is 0 Å². The van der Waals surface area contributed by atoms with E-state index < -0.39 is 0 Å². The molecule has 2 aromatic heterocycles. The largest absolute Gasteiger partial charge is 0.497 e. The number of nitrogens with zero attached hydrogens (tertiary/aromatic N) is 4. The summed E-state index contributed by atoms with van der Waals surface area (Å²) in [6.07, 6.45) is 0.607. The highest BCUT2D eigenvalue weighted by atomic mass is 35.5. The Balaban J connectivity index is 1.43. The molecule has 1 aliphatic heterocycles. The van der Waals surface area contributed by atoms with Gasteiger partial charge in [0.1, 0.15) is 17.2 Å². The predicted molar refractivity (Wildman–Crippen MR) is 123 cm³/mol. The lowest BCUT2D eigenvalue weighted by Crippen LogP contribution is -2.14. The number of thioether (sulfide) groups is 1. The minimum Gasteiger partial charge on any atom is -0.497 e. The Bertz CT molecular complexity index is 1280. The van der Waals surface area contributed by atoms with E-state index in [1.54, 1.807) is 41.7 Å². The van der Waals surface area contributed by atoms with E-state index in [4.69, 9.17) is 37.5 Å². The Kier molecular flexibility index (Phi) is 5.48. The Morgan fingerprint density at radius 3 is 2.65 bits per heavy atom. The first-order chi connectivity index (χ1) is 15.1. The summed E-state index contributed by atoms with van der Waals surface area (Å²) in [5.41, 5.74) is 2.64. The fourth-order valence-corrected chi connectivity index (χ4v) is 4.46. The van der Waals surface area contributed by atoms with Crippen molar-refractivity contribution in [3.8, 4) is 17.1 Å². The Morgan fingerprint density at radius 1 is 1.03 bits per heavy atom. The number of hydrogen-bond acceptors (Lipinski definition) is 6. The fraction of sp³-hybridized carbons (Fsp3) is 0.136. The Labute approximate surface area is 192 Å². The first kappa shape index (κ1) is 20.2. The smallest absolute Gasteiger partial charge is 0.212 e. The zero-order valence-corrected chi connectivity index (χ0v) is 18.7. The van der Waals surface area contributed by atoms with Crippen LogP contribution in [0.1, 0.15) is 17.1 Å². The maximum atomic E-state index is 6.31. The van der Waals surface area contributed by atoms with Gasteiger partial charge in [0, 0.05) is 22.8 Å². The van der Waals surface area contributed by atoms with Gasteiger partial charge in [-0.15, -0.1) is 10.2 Å². The van der Waals surface area contributed by atoms with Gasteiger partial charge in [-0.1, -0.05) is 47.1 Å². The van der Waals surface area contributed by atoms with E-state index in [0.29, 0.717) is 33.7 Å². The second-order valence-electron chi connectivity index (χ2n) is 6.86. The molecule has 6 nitrogen and oxygen atoms in total. The van der Waals surface area contributed by atoms with E-state index in [1.807, 2.05) is 36.4 Å². The topological polar surface area (TPSA) is 65.4 Å². The van der Waals surface area contributed by atoms with Crippen molar-refractivity contribution < 1.29 is 9.15 Å². The number of halogens is 2. The highest BCUT2D eigenvalue weighted by Crippen LogP contribution is 2.33. The SMILES string of the molecule is COc1ccc(Cc2nnc3n2N=C(c2ccc(-c4cc(Cl)ccc4Cl)o2)CS3)cc1. The number of aromatic nitrogens is 3. The molecule has 0 saturated carbocycles. The molecule has 156 valence electrons. The molecular formula is C22H16Cl2N4O2S. The number of fused-ring (bicyclic) bond motifs is 1. The maximum Gasteiger partial charge on any atom is 0.212 e. The van der Waals surface area contributed by atoms with E-state index in [9.17, 15) is 0 Å². The Morgan fingerprint density at radius 2 is 1.84 bits per heavy atom. The van der Waals surface area contributed by atoms with Crippen LogP contribution in [0.15, 0.2) is 69.3 Å². The van der Waals surface area contributed by atoms with Gasteiger partial charge in [-0.3, -0.25) is 0 Å². The monoisotopic (exact) mass is 470 g/mol. The molecule has 0 atom stereocenters. The summed E-state index contributed by atoms with van der Waals surface area (Å²) >= 11 is 14.0. The second kappa shape index (κ2) is 8.42. The number of ether oxygens (including phenoxy) is 1. The molecular weight excluding hydrogens is 455 g/mol. The summed E-state index contributed by atoms with van der Waals surface area (Å²) < 4.78 is 13.1. The van der Waals surface area contributed by atoms with E-state index in [-0.39, 0.29) is 0 Å². The molecule has 2 aromatic carbocycles. The Hall–Kier alpha value is -2.74. The van der Waals surface area contributed by atoms with Crippen molar-refractivity contribution in [2.24, 2.45) is 5.10 Å². The first-order valence-electron chi connectivity index (χ1n) is 9.44. The van der Waals surface area contributed by atoms with Crippen LogP contribution in [0.5, 0.6) is 5.75 Å². The molecule has 9 heteroatoms. The van der Waals surface area contributed by atoms with Crippen molar-refractivity contribution in [1.29, 1.82) is 0 Å². The lowest BCUT2D eigenvalue weighted by molar-refractivity contribution is 0.414. The lowest BCUT2D eigenvalue weighted by Gasteiger charge is -2.12. The van der Waals surface area contributed by atoms with Crippen LogP contribution in [0.4, 0.5) is 0 Å². The van der Waals surface area contributed by atoms with Crippen LogP contribution >= 0.6 is 35.0 Å². The molecule has 0 amide bonds. The third-order valence-corrected chi connectivity index (χ3v) is 6.34. The molecule has 0 spiro atoms. The summed E-state index contributed by atoms with van der Waals surface area (Å²) in [7, 11) is 1.65. The molecule has 0 N–H and O–H groups in total.